The van der Waals surface area contributed by atoms with Crippen molar-refractivity contribution in [2.24, 2.45) is 5.92 Å². The first-order valence-corrected chi connectivity index (χ1v) is 8.00. The molecule has 1 saturated carbocycles. The Kier molecular flexibility index (Phi) is 4.15. The molecule has 116 valence electrons. The average molecular weight is 338 g/mol. The number of hydrogen-bond acceptors (Lipinski definition) is 2. The van der Waals surface area contributed by atoms with Crippen molar-refractivity contribution in [3.05, 3.63) is 45.2 Å². The zero-order valence-electron chi connectivity index (χ0n) is 12.5. The van der Waals surface area contributed by atoms with Crippen molar-refractivity contribution in [3.63, 3.8) is 0 Å². The number of halogens is 2. The Morgan fingerprint density at radius 1 is 1.32 bits per heavy atom. The molecule has 1 aromatic carbocycles. The summed E-state index contributed by atoms with van der Waals surface area (Å²) in [6.45, 7) is 4.45. The van der Waals surface area contributed by atoms with E-state index in [-0.39, 0.29) is 11.8 Å². The third kappa shape index (κ3) is 3.13. The van der Waals surface area contributed by atoms with Crippen LogP contribution >= 0.6 is 23.2 Å². The van der Waals surface area contributed by atoms with Crippen molar-refractivity contribution in [1.82, 2.24) is 9.78 Å². The van der Waals surface area contributed by atoms with Gasteiger partial charge in [-0.25, -0.2) is 0 Å². The molecular weight excluding hydrogens is 321 g/mol. The van der Waals surface area contributed by atoms with Crippen molar-refractivity contribution in [3.8, 4) is 0 Å². The van der Waals surface area contributed by atoms with Crippen molar-refractivity contribution in [2.45, 2.75) is 33.2 Å². The van der Waals surface area contributed by atoms with Crippen LogP contribution < -0.4 is 5.32 Å². The van der Waals surface area contributed by atoms with Gasteiger partial charge in [-0.2, -0.15) is 5.10 Å². The maximum atomic E-state index is 11.9. The van der Waals surface area contributed by atoms with E-state index in [2.05, 4.69) is 10.4 Å². The zero-order chi connectivity index (χ0) is 15.9. The molecular formula is C16H17Cl2N3O. The number of carbonyl (C=O) groups excluding carboxylic acids is 1. The molecule has 4 nitrogen and oxygen atoms in total. The van der Waals surface area contributed by atoms with Crippen molar-refractivity contribution >= 4 is 34.8 Å². The Labute approximate surface area is 139 Å². The lowest BCUT2D eigenvalue weighted by Crippen LogP contribution is -2.14. The summed E-state index contributed by atoms with van der Waals surface area (Å²) in [6, 6.07) is 5.54. The molecule has 1 aliphatic rings. The maximum absolute atomic E-state index is 11.9. The van der Waals surface area contributed by atoms with Crippen LogP contribution in [0.1, 0.15) is 29.8 Å². The lowest BCUT2D eigenvalue weighted by Gasteiger charge is -2.07. The monoisotopic (exact) mass is 337 g/mol. The summed E-state index contributed by atoms with van der Waals surface area (Å²) in [7, 11) is 0. The lowest BCUT2D eigenvalue weighted by atomic mass is 10.2. The summed E-state index contributed by atoms with van der Waals surface area (Å²) in [5, 5.41) is 8.58. The number of benzene rings is 1. The summed E-state index contributed by atoms with van der Waals surface area (Å²) in [4.78, 5) is 11.9. The molecule has 1 N–H and O–H groups in total. The molecule has 3 rings (SSSR count). The molecule has 1 aliphatic carbocycles. The van der Waals surface area contributed by atoms with Crippen LogP contribution in [0, 0.1) is 19.8 Å². The van der Waals surface area contributed by atoms with Crippen LogP contribution in [-0.2, 0) is 11.3 Å². The first-order valence-electron chi connectivity index (χ1n) is 7.24. The van der Waals surface area contributed by atoms with Crippen molar-refractivity contribution in [2.75, 3.05) is 5.32 Å². The van der Waals surface area contributed by atoms with Gasteiger partial charge in [0.1, 0.15) is 0 Å². The topological polar surface area (TPSA) is 46.9 Å². The largest absolute Gasteiger partial charge is 0.323 e. The quantitative estimate of drug-likeness (QED) is 0.908. The standard InChI is InChI=1S/C16H17Cl2N3O/c1-9-15(19-16(22)12-4-5-12)10(2)21(20-9)8-11-3-6-13(17)14(18)7-11/h3,6-7,12H,4-5,8H2,1-2H3,(H,19,22). The summed E-state index contributed by atoms with van der Waals surface area (Å²) in [6.07, 6.45) is 1.97. The average Bonchev–Trinajstić information content (AvgIpc) is 3.28. The number of hydrogen-bond donors (Lipinski definition) is 1. The minimum absolute atomic E-state index is 0.0975. The molecule has 1 aromatic heterocycles. The second-order valence-electron chi connectivity index (χ2n) is 5.72. The Morgan fingerprint density at radius 2 is 2.05 bits per heavy atom. The highest BCUT2D eigenvalue weighted by molar-refractivity contribution is 6.42. The number of rotatable bonds is 4. The number of amides is 1. The van der Waals surface area contributed by atoms with Crippen LogP contribution in [0.15, 0.2) is 18.2 Å². The maximum Gasteiger partial charge on any atom is 0.227 e. The fourth-order valence-electron chi connectivity index (χ4n) is 2.41. The normalized spacial score (nSPS) is 14.2. The Morgan fingerprint density at radius 3 is 2.68 bits per heavy atom. The summed E-state index contributed by atoms with van der Waals surface area (Å²) < 4.78 is 1.87. The molecule has 22 heavy (non-hydrogen) atoms. The predicted octanol–water partition coefficient (Wildman–Crippen LogP) is 4.20. The number of aryl methyl sites for hydroxylation is 1. The van der Waals surface area contributed by atoms with Crippen molar-refractivity contribution in [1.29, 1.82) is 0 Å². The van der Waals surface area contributed by atoms with Crippen LogP contribution in [0.3, 0.4) is 0 Å². The second-order valence-corrected chi connectivity index (χ2v) is 6.53. The molecule has 1 heterocycles. The van der Waals surface area contributed by atoms with Gasteiger partial charge in [-0.1, -0.05) is 29.3 Å². The number of anilines is 1. The molecule has 2 aromatic rings. The van der Waals surface area contributed by atoms with Gasteiger partial charge >= 0.3 is 0 Å². The minimum Gasteiger partial charge on any atom is -0.323 e. The second kappa shape index (κ2) is 5.94. The fourth-order valence-corrected chi connectivity index (χ4v) is 2.73. The molecule has 0 aliphatic heterocycles. The van der Waals surface area contributed by atoms with Crippen molar-refractivity contribution < 1.29 is 4.79 Å². The molecule has 0 saturated heterocycles. The molecule has 0 bridgehead atoms. The van der Waals surface area contributed by atoms with E-state index in [9.17, 15) is 4.79 Å². The Hall–Kier alpha value is -1.52. The summed E-state index contributed by atoms with van der Waals surface area (Å²) >= 11 is 12.0. The van der Waals surface area contributed by atoms with E-state index >= 15 is 0 Å². The van der Waals surface area contributed by atoms with Crippen LogP contribution in [0.5, 0.6) is 0 Å². The van der Waals surface area contributed by atoms with Gasteiger partial charge in [-0.05, 0) is 44.4 Å². The van der Waals surface area contributed by atoms with Gasteiger partial charge in [0.15, 0.2) is 0 Å². The molecule has 1 amide bonds. The van der Waals surface area contributed by atoms with Crippen LogP contribution in [0.4, 0.5) is 5.69 Å². The van der Waals surface area contributed by atoms with E-state index in [4.69, 9.17) is 23.2 Å². The Bertz CT molecular complexity index is 735. The third-order valence-corrected chi connectivity index (χ3v) is 4.63. The molecule has 0 atom stereocenters. The summed E-state index contributed by atoms with van der Waals surface area (Å²) in [5.74, 6) is 0.275. The van der Waals surface area contributed by atoms with E-state index in [1.165, 1.54) is 0 Å². The highest BCUT2D eigenvalue weighted by Crippen LogP contribution is 2.31. The van der Waals surface area contributed by atoms with Crippen LogP contribution in [-0.4, -0.2) is 15.7 Å². The number of nitrogens with zero attached hydrogens (tertiary/aromatic N) is 2. The highest BCUT2D eigenvalue weighted by Gasteiger charge is 2.30. The minimum atomic E-state index is 0.0975. The van der Waals surface area contributed by atoms with E-state index in [0.29, 0.717) is 16.6 Å². The lowest BCUT2D eigenvalue weighted by molar-refractivity contribution is -0.117. The molecule has 1 fully saturated rings. The summed E-state index contributed by atoms with van der Waals surface area (Å²) in [5.41, 5.74) is 3.60. The van der Waals surface area contributed by atoms with Gasteiger partial charge in [0, 0.05) is 5.92 Å². The van der Waals surface area contributed by atoms with Gasteiger partial charge in [-0.3, -0.25) is 9.48 Å². The van der Waals surface area contributed by atoms with Gasteiger partial charge in [0.25, 0.3) is 0 Å². The Balaban J connectivity index is 1.81. The van der Waals surface area contributed by atoms with Gasteiger partial charge in [0.2, 0.25) is 5.91 Å². The molecule has 0 unspecified atom stereocenters. The molecule has 6 heteroatoms. The molecule has 0 radical (unpaired) electrons. The number of carbonyl (C=O) groups is 1. The van der Waals surface area contributed by atoms with E-state index in [1.807, 2.05) is 30.7 Å². The molecule has 0 spiro atoms. The van der Waals surface area contributed by atoms with E-state index in [1.54, 1.807) is 6.07 Å². The first kappa shape index (κ1) is 15.4. The van der Waals surface area contributed by atoms with Gasteiger partial charge < -0.3 is 5.32 Å². The van der Waals surface area contributed by atoms with Gasteiger partial charge in [-0.15, -0.1) is 0 Å². The van der Waals surface area contributed by atoms with E-state index < -0.39 is 0 Å². The third-order valence-electron chi connectivity index (χ3n) is 3.89. The predicted molar refractivity (Wildman–Crippen MR) is 88.6 cm³/mol. The smallest absolute Gasteiger partial charge is 0.227 e. The number of nitrogens with one attached hydrogen (secondary N) is 1. The highest BCUT2D eigenvalue weighted by atomic mass is 35.5. The zero-order valence-corrected chi connectivity index (χ0v) is 14.0. The van der Waals surface area contributed by atoms with E-state index in [0.717, 1.165) is 35.5 Å². The number of aromatic nitrogens is 2. The first-order chi connectivity index (χ1) is 10.5. The van der Waals surface area contributed by atoms with Gasteiger partial charge in [0.05, 0.1) is 33.7 Å². The SMILES string of the molecule is Cc1nn(Cc2ccc(Cl)c(Cl)c2)c(C)c1NC(=O)C1CC1. The van der Waals surface area contributed by atoms with Crippen LogP contribution in [0.2, 0.25) is 10.0 Å². The fraction of sp³-hybridized carbons (Fsp3) is 0.375. The van der Waals surface area contributed by atoms with Crippen LogP contribution in [0.25, 0.3) is 0 Å².